The molecule has 0 radical (unpaired) electrons. The monoisotopic (exact) mass is 241 g/mol. The Bertz CT molecular complexity index is 543. The number of halogens is 3. The zero-order valence-electron chi connectivity index (χ0n) is 8.99. The standard InChI is InChI=1S/C11H10F3N3/c1-7-4-2-3-5-8(7)17-10(15)6-9(16-17)11(12,13)14/h2-6H,15H2,1H3. The van der Waals surface area contributed by atoms with E-state index in [0.29, 0.717) is 5.69 Å². The van der Waals surface area contributed by atoms with Crippen LogP contribution in [0.15, 0.2) is 30.3 Å². The summed E-state index contributed by atoms with van der Waals surface area (Å²) in [6, 6.07) is 7.79. The van der Waals surface area contributed by atoms with Crippen molar-refractivity contribution in [3.8, 4) is 5.69 Å². The fraction of sp³-hybridized carbons (Fsp3) is 0.182. The van der Waals surface area contributed by atoms with E-state index < -0.39 is 11.9 Å². The fourth-order valence-electron chi connectivity index (χ4n) is 1.53. The Labute approximate surface area is 95.7 Å². The third kappa shape index (κ3) is 2.11. The molecule has 2 rings (SSSR count). The van der Waals surface area contributed by atoms with Crippen LogP contribution in [-0.4, -0.2) is 9.78 Å². The van der Waals surface area contributed by atoms with Gasteiger partial charge in [0.25, 0.3) is 0 Å². The van der Waals surface area contributed by atoms with Gasteiger partial charge in [-0.05, 0) is 18.6 Å². The van der Waals surface area contributed by atoms with Crippen LogP contribution >= 0.6 is 0 Å². The number of aryl methyl sites for hydroxylation is 1. The molecule has 0 spiro atoms. The van der Waals surface area contributed by atoms with Crippen LogP contribution in [0, 0.1) is 6.92 Å². The molecule has 0 saturated heterocycles. The number of anilines is 1. The van der Waals surface area contributed by atoms with E-state index in [-0.39, 0.29) is 5.82 Å². The molecule has 1 aromatic heterocycles. The molecule has 2 aromatic rings. The number of rotatable bonds is 1. The van der Waals surface area contributed by atoms with Gasteiger partial charge in [-0.3, -0.25) is 0 Å². The van der Waals surface area contributed by atoms with E-state index >= 15 is 0 Å². The lowest BCUT2D eigenvalue weighted by Crippen LogP contribution is -2.08. The second-order valence-corrected chi connectivity index (χ2v) is 3.65. The maximum Gasteiger partial charge on any atom is 0.435 e. The van der Waals surface area contributed by atoms with Gasteiger partial charge in [-0.15, -0.1) is 0 Å². The van der Waals surface area contributed by atoms with E-state index in [9.17, 15) is 13.2 Å². The predicted molar refractivity (Wildman–Crippen MR) is 57.7 cm³/mol. The molecule has 1 aromatic carbocycles. The molecule has 0 aliphatic heterocycles. The molecule has 0 bridgehead atoms. The lowest BCUT2D eigenvalue weighted by Gasteiger charge is -2.07. The van der Waals surface area contributed by atoms with Crippen LogP contribution < -0.4 is 5.73 Å². The van der Waals surface area contributed by atoms with Gasteiger partial charge in [0.2, 0.25) is 0 Å². The maximum atomic E-state index is 12.5. The lowest BCUT2D eigenvalue weighted by molar-refractivity contribution is -0.141. The average Bonchev–Trinajstić information content (AvgIpc) is 2.61. The van der Waals surface area contributed by atoms with Crippen molar-refractivity contribution in [2.75, 3.05) is 5.73 Å². The van der Waals surface area contributed by atoms with Gasteiger partial charge >= 0.3 is 6.18 Å². The molecular weight excluding hydrogens is 231 g/mol. The van der Waals surface area contributed by atoms with E-state index in [0.717, 1.165) is 16.3 Å². The molecule has 2 N–H and O–H groups in total. The first-order valence-electron chi connectivity index (χ1n) is 4.88. The fourth-order valence-corrected chi connectivity index (χ4v) is 1.53. The van der Waals surface area contributed by atoms with E-state index in [2.05, 4.69) is 5.10 Å². The topological polar surface area (TPSA) is 43.8 Å². The van der Waals surface area contributed by atoms with E-state index in [4.69, 9.17) is 5.73 Å². The highest BCUT2D eigenvalue weighted by molar-refractivity contribution is 5.47. The maximum absolute atomic E-state index is 12.5. The van der Waals surface area contributed by atoms with Gasteiger partial charge in [0, 0.05) is 6.07 Å². The second-order valence-electron chi connectivity index (χ2n) is 3.65. The summed E-state index contributed by atoms with van der Waals surface area (Å²) in [6.45, 7) is 1.78. The van der Waals surface area contributed by atoms with Crippen molar-refractivity contribution in [1.82, 2.24) is 9.78 Å². The number of hydrogen-bond donors (Lipinski definition) is 1. The van der Waals surface area contributed by atoms with Crippen LogP contribution in [0.1, 0.15) is 11.3 Å². The average molecular weight is 241 g/mol. The molecular formula is C11H10F3N3. The third-order valence-electron chi connectivity index (χ3n) is 2.37. The van der Waals surface area contributed by atoms with Crippen LogP contribution in [0.4, 0.5) is 19.0 Å². The minimum absolute atomic E-state index is 0.0355. The van der Waals surface area contributed by atoms with Crippen molar-refractivity contribution in [1.29, 1.82) is 0 Å². The van der Waals surface area contributed by atoms with Crippen LogP contribution in [-0.2, 0) is 6.18 Å². The quantitative estimate of drug-likeness (QED) is 0.834. The number of para-hydroxylation sites is 1. The van der Waals surface area contributed by atoms with Crippen LogP contribution in [0.5, 0.6) is 0 Å². The normalized spacial score (nSPS) is 11.8. The third-order valence-corrected chi connectivity index (χ3v) is 2.37. The number of hydrogen-bond acceptors (Lipinski definition) is 2. The summed E-state index contributed by atoms with van der Waals surface area (Å²) in [7, 11) is 0. The number of benzene rings is 1. The summed E-state index contributed by atoms with van der Waals surface area (Å²) >= 11 is 0. The van der Waals surface area contributed by atoms with Crippen LogP contribution in [0.3, 0.4) is 0 Å². The molecule has 90 valence electrons. The van der Waals surface area contributed by atoms with Crippen molar-refractivity contribution in [3.05, 3.63) is 41.6 Å². The molecule has 6 heteroatoms. The van der Waals surface area contributed by atoms with Gasteiger partial charge in [0.1, 0.15) is 5.82 Å². The predicted octanol–water partition coefficient (Wildman–Crippen LogP) is 2.78. The Morgan fingerprint density at radius 2 is 1.88 bits per heavy atom. The first-order valence-corrected chi connectivity index (χ1v) is 4.88. The molecule has 0 fully saturated rings. The molecule has 1 heterocycles. The SMILES string of the molecule is Cc1ccccc1-n1nc(C(F)(F)F)cc1N. The smallest absolute Gasteiger partial charge is 0.384 e. The molecule has 3 nitrogen and oxygen atoms in total. The highest BCUT2D eigenvalue weighted by Gasteiger charge is 2.34. The summed E-state index contributed by atoms with van der Waals surface area (Å²) in [5.74, 6) is -0.0355. The second kappa shape index (κ2) is 3.80. The number of nitrogens with two attached hydrogens (primary N) is 1. The van der Waals surface area contributed by atoms with Crippen LogP contribution in [0.25, 0.3) is 5.69 Å². The summed E-state index contributed by atoms with van der Waals surface area (Å²) in [5.41, 5.74) is 5.90. The first kappa shape index (κ1) is 11.5. The molecule has 0 saturated carbocycles. The molecule has 17 heavy (non-hydrogen) atoms. The van der Waals surface area contributed by atoms with Crippen LogP contribution in [0.2, 0.25) is 0 Å². The van der Waals surface area contributed by atoms with Gasteiger partial charge in [-0.1, -0.05) is 18.2 Å². The summed E-state index contributed by atoms with van der Waals surface area (Å²) < 4.78 is 38.5. The Hall–Kier alpha value is -1.98. The number of nitrogen functional groups attached to an aromatic ring is 1. The molecule has 0 unspecified atom stereocenters. The van der Waals surface area contributed by atoms with Gasteiger partial charge < -0.3 is 5.73 Å². The summed E-state index contributed by atoms with van der Waals surface area (Å²) in [6.07, 6.45) is -4.48. The molecule has 0 amide bonds. The van der Waals surface area contributed by atoms with E-state index in [1.54, 1.807) is 31.2 Å². The zero-order valence-corrected chi connectivity index (χ0v) is 8.99. The summed E-state index contributed by atoms with van der Waals surface area (Å²) in [5, 5.41) is 3.48. The minimum atomic E-state index is -4.48. The molecule has 0 aliphatic carbocycles. The Morgan fingerprint density at radius 3 is 2.41 bits per heavy atom. The van der Waals surface area contributed by atoms with E-state index in [1.165, 1.54) is 0 Å². The first-order chi connectivity index (χ1) is 7.89. The van der Waals surface area contributed by atoms with Gasteiger partial charge in [-0.2, -0.15) is 18.3 Å². The molecule has 0 atom stereocenters. The van der Waals surface area contributed by atoms with Crippen molar-refractivity contribution in [2.45, 2.75) is 13.1 Å². The van der Waals surface area contributed by atoms with Gasteiger partial charge in [-0.25, -0.2) is 4.68 Å². The Morgan fingerprint density at radius 1 is 1.24 bits per heavy atom. The van der Waals surface area contributed by atoms with E-state index in [1.807, 2.05) is 0 Å². The van der Waals surface area contributed by atoms with Crippen molar-refractivity contribution >= 4 is 5.82 Å². The van der Waals surface area contributed by atoms with Gasteiger partial charge in [0.05, 0.1) is 5.69 Å². The van der Waals surface area contributed by atoms with Crippen molar-refractivity contribution < 1.29 is 13.2 Å². The van der Waals surface area contributed by atoms with Crippen molar-refractivity contribution in [2.24, 2.45) is 0 Å². The summed E-state index contributed by atoms with van der Waals surface area (Å²) in [4.78, 5) is 0. The number of aromatic nitrogens is 2. The Kier molecular flexibility index (Phi) is 2.57. The highest BCUT2D eigenvalue weighted by Crippen LogP contribution is 2.30. The number of nitrogens with zero attached hydrogens (tertiary/aromatic N) is 2. The van der Waals surface area contributed by atoms with Gasteiger partial charge in [0.15, 0.2) is 5.69 Å². The minimum Gasteiger partial charge on any atom is -0.384 e. The lowest BCUT2D eigenvalue weighted by atomic mass is 10.2. The largest absolute Gasteiger partial charge is 0.435 e. The highest BCUT2D eigenvalue weighted by atomic mass is 19.4. The zero-order chi connectivity index (χ0) is 12.6. The molecule has 0 aliphatic rings. The number of alkyl halides is 3. The Balaban J connectivity index is 2.55. The van der Waals surface area contributed by atoms with Crippen molar-refractivity contribution in [3.63, 3.8) is 0 Å².